The Bertz CT molecular complexity index is 355. The van der Waals surface area contributed by atoms with Crippen LogP contribution in [-0.4, -0.2) is 38.2 Å². The lowest BCUT2D eigenvalue weighted by atomic mass is 9.81. The van der Waals surface area contributed by atoms with Gasteiger partial charge in [0, 0.05) is 13.1 Å². The molecule has 0 bridgehead atoms. The lowest BCUT2D eigenvalue weighted by molar-refractivity contribution is -0.159. The van der Waals surface area contributed by atoms with Crippen molar-refractivity contribution in [2.75, 3.05) is 26.3 Å². The highest BCUT2D eigenvalue weighted by Gasteiger charge is 2.36. The van der Waals surface area contributed by atoms with Gasteiger partial charge in [-0.1, -0.05) is 11.6 Å². The maximum Gasteiger partial charge on any atom is 0.313 e. The van der Waals surface area contributed by atoms with Gasteiger partial charge in [-0.3, -0.25) is 9.59 Å². The van der Waals surface area contributed by atoms with E-state index in [1.807, 2.05) is 6.92 Å². The van der Waals surface area contributed by atoms with Crippen molar-refractivity contribution in [2.24, 2.45) is 23.3 Å². The monoisotopic (exact) mass is 270 g/mol. The fourth-order valence-electron chi connectivity index (χ4n) is 2.09. The highest BCUT2D eigenvalue weighted by Crippen LogP contribution is 2.30. The van der Waals surface area contributed by atoms with E-state index in [-0.39, 0.29) is 32.3 Å². The molecule has 0 radical (unpaired) electrons. The molecule has 6 nitrogen and oxygen atoms in total. The topological polar surface area (TPSA) is 105 Å². The minimum absolute atomic E-state index is 0.160. The molecular formula is C13H22N2O4. The zero-order valence-electron chi connectivity index (χ0n) is 11.3. The van der Waals surface area contributed by atoms with E-state index in [0.717, 1.165) is 12.0 Å². The van der Waals surface area contributed by atoms with Crippen molar-refractivity contribution in [3.63, 3.8) is 0 Å². The first kappa shape index (κ1) is 15.7. The molecular weight excluding hydrogens is 248 g/mol. The lowest BCUT2D eigenvalue weighted by Gasteiger charge is -2.26. The summed E-state index contributed by atoms with van der Waals surface area (Å²) in [6.45, 7) is 2.80. The maximum absolute atomic E-state index is 11.9. The van der Waals surface area contributed by atoms with Crippen LogP contribution in [0.5, 0.6) is 0 Å². The van der Waals surface area contributed by atoms with E-state index in [4.69, 9.17) is 20.9 Å². The highest BCUT2D eigenvalue weighted by molar-refractivity contribution is 5.84. The van der Waals surface area contributed by atoms with Gasteiger partial charge in [0.15, 0.2) is 0 Å². The molecule has 108 valence electrons. The second kappa shape index (κ2) is 7.91. The summed E-state index contributed by atoms with van der Waals surface area (Å²) in [5.74, 6) is -1.87. The van der Waals surface area contributed by atoms with E-state index in [9.17, 15) is 9.59 Å². The molecule has 0 amide bonds. The predicted octanol–water partition coefficient (Wildman–Crippen LogP) is -0.0373. The van der Waals surface area contributed by atoms with E-state index < -0.39 is 17.8 Å². The van der Waals surface area contributed by atoms with Crippen molar-refractivity contribution < 1.29 is 19.1 Å². The quantitative estimate of drug-likeness (QED) is 0.518. The fraction of sp³-hybridized carbons (Fsp3) is 0.692. The van der Waals surface area contributed by atoms with Crippen LogP contribution in [0.1, 0.15) is 19.8 Å². The van der Waals surface area contributed by atoms with Crippen molar-refractivity contribution in [2.45, 2.75) is 19.8 Å². The number of hydrogen-bond acceptors (Lipinski definition) is 6. The molecule has 4 N–H and O–H groups in total. The number of nitrogens with two attached hydrogens (primary N) is 2. The minimum Gasteiger partial charge on any atom is -0.464 e. The molecule has 0 aromatic carbocycles. The Labute approximate surface area is 113 Å². The van der Waals surface area contributed by atoms with Gasteiger partial charge in [-0.15, -0.1) is 0 Å². The molecule has 1 aliphatic rings. The molecule has 19 heavy (non-hydrogen) atoms. The Balaban J connectivity index is 2.72. The lowest BCUT2D eigenvalue weighted by Crippen LogP contribution is -2.35. The first-order valence-corrected chi connectivity index (χ1v) is 6.50. The number of carbonyl (C=O) groups is 2. The first-order chi connectivity index (χ1) is 9.10. The van der Waals surface area contributed by atoms with Gasteiger partial charge in [0.25, 0.3) is 0 Å². The number of allylic oxidation sites excluding steroid dienone is 1. The summed E-state index contributed by atoms with van der Waals surface area (Å²) in [7, 11) is 0. The van der Waals surface area contributed by atoms with Crippen molar-refractivity contribution in [1.82, 2.24) is 0 Å². The molecule has 0 heterocycles. The number of carbonyl (C=O) groups excluding carboxylic acids is 2. The fourth-order valence-corrected chi connectivity index (χ4v) is 2.09. The third-order valence-corrected chi connectivity index (χ3v) is 3.05. The van der Waals surface area contributed by atoms with Crippen molar-refractivity contribution in [3.05, 3.63) is 11.6 Å². The summed E-state index contributed by atoms with van der Waals surface area (Å²) in [5.41, 5.74) is 11.7. The number of hydrogen-bond donors (Lipinski definition) is 2. The first-order valence-electron chi connectivity index (χ1n) is 6.50. The highest BCUT2D eigenvalue weighted by atomic mass is 16.5. The van der Waals surface area contributed by atoms with Gasteiger partial charge in [-0.25, -0.2) is 0 Å². The molecule has 0 spiro atoms. The third kappa shape index (κ3) is 4.65. The van der Waals surface area contributed by atoms with E-state index in [1.54, 1.807) is 6.08 Å². The maximum atomic E-state index is 11.9. The third-order valence-electron chi connectivity index (χ3n) is 3.05. The molecule has 0 saturated carbocycles. The molecule has 0 aliphatic heterocycles. The normalized spacial score (nSPS) is 22.6. The summed E-state index contributed by atoms with van der Waals surface area (Å²) < 4.78 is 10.0. The number of ether oxygens (including phenoxy) is 2. The standard InChI is InChI=1S/C13H22N2O4/c1-9-2-3-10(12(16)18-6-4-14)11(8-9)13(17)19-7-5-15/h8,10-11H,2-7,14-15H2,1H3. The predicted molar refractivity (Wildman–Crippen MR) is 70.0 cm³/mol. The van der Waals surface area contributed by atoms with Gasteiger partial charge >= 0.3 is 11.9 Å². The summed E-state index contributed by atoms with van der Waals surface area (Å²) in [6.07, 6.45) is 3.16. The molecule has 2 unspecified atom stereocenters. The molecule has 0 aromatic heterocycles. The van der Waals surface area contributed by atoms with Crippen molar-refractivity contribution in [1.29, 1.82) is 0 Å². The van der Waals surface area contributed by atoms with Gasteiger partial charge in [0.1, 0.15) is 13.2 Å². The van der Waals surface area contributed by atoms with Crippen LogP contribution in [0.4, 0.5) is 0 Å². The van der Waals surface area contributed by atoms with Crippen LogP contribution in [0.3, 0.4) is 0 Å². The molecule has 0 aromatic rings. The average Bonchev–Trinajstić information content (AvgIpc) is 2.41. The smallest absolute Gasteiger partial charge is 0.313 e. The van der Waals surface area contributed by atoms with Gasteiger partial charge in [-0.05, 0) is 19.8 Å². The molecule has 1 aliphatic carbocycles. The Hall–Kier alpha value is -1.40. The SMILES string of the molecule is CC1=CC(C(=O)OCCN)C(C(=O)OCCN)CC1. The van der Waals surface area contributed by atoms with Gasteiger partial charge in [0.05, 0.1) is 11.8 Å². The van der Waals surface area contributed by atoms with Gasteiger partial charge in [-0.2, -0.15) is 0 Å². The Morgan fingerprint density at radius 1 is 1.21 bits per heavy atom. The van der Waals surface area contributed by atoms with Crippen LogP contribution in [0.25, 0.3) is 0 Å². The summed E-state index contributed by atoms with van der Waals surface area (Å²) >= 11 is 0. The Morgan fingerprint density at radius 3 is 2.37 bits per heavy atom. The van der Waals surface area contributed by atoms with E-state index in [2.05, 4.69) is 0 Å². The Morgan fingerprint density at radius 2 is 1.79 bits per heavy atom. The van der Waals surface area contributed by atoms with Gasteiger partial charge in [0.2, 0.25) is 0 Å². The van der Waals surface area contributed by atoms with Crippen LogP contribution >= 0.6 is 0 Å². The zero-order valence-corrected chi connectivity index (χ0v) is 11.3. The molecule has 2 atom stereocenters. The average molecular weight is 270 g/mol. The summed E-state index contributed by atoms with van der Waals surface area (Å²) in [6, 6.07) is 0. The second-order valence-electron chi connectivity index (χ2n) is 4.60. The van der Waals surface area contributed by atoms with Crippen LogP contribution in [0.2, 0.25) is 0 Å². The van der Waals surface area contributed by atoms with Crippen molar-refractivity contribution in [3.8, 4) is 0 Å². The van der Waals surface area contributed by atoms with Crippen LogP contribution < -0.4 is 11.5 Å². The minimum atomic E-state index is -0.578. The largest absolute Gasteiger partial charge is 0.464 e. The summed E-state index contributed by atoms with van der Waals surface area (Å²) in [5, 5.41) is 0. The van der Waals surface area contributed by atoms with Crippen LogP contribution in [0, 0.1) is 11.8 Å². The van der Waals surface area contributed by atoms with E-state index in [0.29, 0.717) is 6.42 Å². The number of rotatable bonds is 6. The van der Waals surface area contributed by atoms with E-state index >= 15 is 0 Å². The van der Waals surface area contributed by atoms with E-state index in [1.165, 1.54) is 0 Å². The number of esters is 2. The zero-order chi connectivity index (χ0) is 14.3. The molecule has 0 saturated heterocycles. The summed E-state index contributed by atoms with van der Waals surface area (Å²) in [4.78, 5) is 23.8. The van der Waals surface area contributed by atoms with Gasteiger partial charge < -0.3 is 20.9 Å². The molecule has 0 fully saturated rings. The second-order valence-corrected chi connectivity index (χ2v) is 4.60. The van der Waals surface area contributed by atoms with Crippen molar-refractivity contribution >= 4 is 11.9 Å². The van der Waals surface area contributed by atoms with Crippen LogP contribution in [-0.2, 0) is 19.1 Å². The molecule has 1 rings (SSSR count). The Kier molecular flexibility index (Phi) is 6.52. The molecule has 6 heteroatoms. The van der Waals surface area contributed by atoms with Crippen LogP contribution in [0.15, 0.2) is 11.6 Å².